The Balaban J connectivity index is 2.34. The highest BCUT2D eigenvalue weighted by Gasteiger charge is 2.33. The highest BCUT2D eigenvalue weighted by molar-refractivity contribution is 6.09. The van der Waals surface area contributed by atoms with E-state index in [1.807, 2.05) is 6.08 Å². The van der Waals surface area contributed by atoms with Crippen molar-refractivity contribution in [3.63, 3.8) is 0 Å². The van der Waals surface area contributed by atoms with Crippen LogP contribution in [0.5, 0.6) is 0 Å². The quantitative estimate of drug-likeness (QED) is 0.477. The van der Waals surface area contributed by atoms with Crippen LogP contribution in [0.1, 0.15) is 12.8 Å². The molecule has 3 heteroatoms. The van der Waals surface area contributed by atoms with Gasteiger partial charge in [0.25, 0.3) is 5.91 Å². The zero-order valence-corrected chi connectivity index (χ0v) is 5.39. The molecule has 1 aliphatic heterocycles. The molecule has 0 aromatic heterocycles. The second-order valence-electron chi connectivity index (χ2n) is 2.68. The minimum absolute atomic E-state index is 0.0488. The summed E-state index contributed by atoms with van der Waals surface area (Å²) in [5.41, 5.74) is 0.782. The number of hydrogen-bond acceptors (Lipinski definition) is 2. The Morgan fingerprint density at radius 1 is 1.50 bits per heavy atom. The second kappa shape index (κ2) is 1.68. The number of hydrogen-bond donors (Lipinski definition) is 1. The Hall–Kier alpha value is -1.12. The molecule has 2 amide bonds. The molecule has 1 saturated heterocycles. The maximum atomic E-state index is 10.9. The molecule has 1 aliphatic carbocycles. The molecule has 2 bridgehead atoms. The van der Waals surface area contributed by atoms with Crippen molar-refractivity contribution in [2.75, 3.05) is 0 Å². The first kappa shape index (κ1) is 5.65. The van der Waals surface area contributed by atoms with Gasteiger partial charge < -0.3 is 0 Å². The first-order valence-electron chi connectivity index (χ1n) is 3.31. The van der Waals surface area contributed by atoms with Gasteiger partial charge in [0.2, 0.25) is 5.91 Å². The fourth-order valence-corrected chi connectivity index (χ4v) is 1.40. The van der Waals surface area contributed by atoms with E-state index >= 15 is 0 Å². The van der Waals surface area contributed by atoms with E-state index in [1.54, 1.807) is 0 Å². The summed E-state index contributed by atoms with van der Waals surface area (Å²) in [5, 5.41) is 2.30. The number of fused-ring (bicyclic) bond motifs is 2. The molecule has 1 unspecified atom stereocenters. The Labute approximate surface area is 58.1 Å². The van der Waals surface area contributed by atoms with Gasteiger partial charge >= 0.3 is 0 Å². The van der Waals surface area contributed by atoms with Crippen LogP contribution in [0, 0.1) is 5.92 Å². The van der Waals surface area contributed by atoms with Crippen LogP contribution in [0.25, 0.3) is 0 Å². The van der Waals surface area contributed by atoms with Crippen LogP contribution in [-0.4, -0.2) is 11.8 Å². The van der Waals surface area contributed by atoms with E-state index in [0.717, 1.165) is 12.0 Å². The maximum Gasteiger partial charge on any atom is 0.253 e. The van der Waals surface area contributed by atoms with E-state index < -0.39 is 0 Å². The number of carbonyl (C=O) groups is 2. The van der Waals surface area contributed by atoms with Crippen LogP contribution in [-0.2, 0) is 9.59 Å². The highest BCUT2D eigenvalue weighted by atomic mass is 16.2. The molecule has 0 radical (unpaired) electrons. The van der Waals surface area contributed by atoms with Crippen LogP contribution in [0.2, 0.25) is 0 Å². The topological polar surface area (TPSA) is 46.2 Å². The molecule has 10 heavy (non-hydrogen) atoms. The summed E-state index contributed by atoms with van der Waals surface area (Å²) in [6.07, 6.45) is 3.25. The van der Waals surface area contributed by atoms with Gasteiger partial charge in [0.05, 0.1) is 0 Å². The molecule has 0 aromatic rings. The van der Waals surface area contributed by atoms with E-state index in [2.05, 4.69) is 5.32 Å². The molecule has 52 valence electrons. The molecular formula is C7H7NO2. The predicted octanol–water partition coefficient (Wildman–Crippen LogP) is -0.0208. The summed E-state index contributed by atoms with van der Waals surface area (Å²) in [7, 11) is 0. The SMILES string of the molecule is O=C1NC(=O)C2CC=C1C2. The molecule has 1 fully saturated rings. The van der Waals surface area contributed by atoms with Crippen molar-refractivity contribution in [1.29, 1.82) is 0 Å². The molecule has 1 heterocycles. The fraction of sp³-hybridized carbons (Fsp3) is 0.429. The molecule has 2 rings (SSSR count). The summed E-state index contributed by atoms with van der Waals surface area (Å²) in [5.74, 6) is -0.256. The predicted molar refractivity (Wildman–Crippen MR) is 34.0 cm³/mol. The van der Waals surface area contributed by atoms with Gasteiger partial charge in [-0.1, -0.05) is 6.08 Å². The van der Waals surface area contributed by atoms with Crippen molar-refractivity contribution in [3.8, 4) is 0 Å². The van der Waals surface area contributed by atoms with Gasteiger partial charge in [-0.05, 0) is 12.8 Å². The normalized spacial score (nSPS) is 30.0. The van der Waals surface area contributed by atoms with Crippen molar-refractivity contribution < 1.29 is 9.59 Å². The summed E-state index contributed by atoms with van der Waals surface area (Å²) >= 11 is 0. The standard InChI is InChI=1S/C7H7NO2/c9-6-4-1-2-5(3-4)7(10)8-6/h1,5H,2-3H2,(H,8,9,10). The lowest BCUT2D eigenvalue weighted by Crippen LogP contribution is -2.39. The van der Waals surface area contributed by atoms with Gasteiger partial charge in [-0.2, -0.15) is 0 Å². The average Bonchev–Trinajstić information content (AvgIpc) is 2.28. The number of imide groups is 1. The number of nitrogens with one attached hydrogen (secondary N) is 1. The Morgan fingerprint density at radius 2 is 2.30 bits per heavy atom. The summed E-state index contributed by atoms with van der Waals surface area (Å²) in [6.45, 7) is 0. The van der Waals surface area contributed by atoms with Gasteiger partial charge in [-0.15, -0.1) is 0 Å². The van der Waals surface area contributed by atoms with Crippen LogP contribution < -0.4 is 5.32 Å². The van der Waals surface area contributed by atoms with E-state index in [9.17, 15) is 9.59 Å². The van der Waals surface area contributed by atoms with E-state index in [1.165, 1.54) is 0 Å². The van der Waals surface area contributed by atoms with Crippen LogP contribution in [0.15, 0.2) is 11.6 Å². The number of piperidine rings is 1. The van der Waals surface area contributed by atoms with E-state index in [4.69, 9.17) is 0 Å². The molecule has 1 N–H and O–H groups in total. The van der Waals surface area contributed by atoms with Crippen molar-refractivity contribution in [2.45, 2.75) is 12.8 Å². The minimum atomic E-state index is -0.196. The molecule has 0 spiro atoms. The Kier molecular flexibility index (Phi) is 0.952. The molecule has 0 aromatic carbocycles. The van der Waals surface area contributed by atoms with Gasteiger partial charge in [0.15, 0.2) is 0 Å². The Bertz CT molecular complexity index is 242. The lowest BCUT2D eigenvalue weighted by molar-refractivity contribution is -0.132. The van der Waals surface area contributed by atoms with E-state index in [0.29, 0.717) is 6.42 Å². The van der Waals surface area contributed by atoms with Gasteiger partial charge in [-0.3, -0.25) is 14.9 Å². The third-order valence-electron chi connectivity index (χ3n) is 2.01. The zero-order chi connectivity index (χ0) is 7.14. The molecule has 3 nitrogen and oxygen atoms in total. The summed E-state index contributed by atoms with van der Waals surface area (Å²) < 4.78 is 0. The van der Waals surface area contributed by atoms with Gasteiger partial charge in [0.1, 0.15) is 0 Å². The average molecular weight is 137 g/mol. The minimum Gasteiger partial charge on any atom is -0.292 e. The van der Waals surface area contributed by atoms with Crippen molar-refractivity contribution in [3.05, 3.63) is 11.6 Å². The number of rotatable bonds is 0. The smallest absolute Gasteiger partial charge is 0.253 e. The molecule has 1 atom stereocenters. The maximum absolute atomic E-state index is 10.9. The number of carbonyl (C=O) groups excluding carboxylic acids is 2. The van der Waals surface area contributed by atoms with Gasteiger partial charge in [0, 0.05) is 11.5 Å². The molecule has 2 aliphatic rings. The van der Waals surface area contributed by atoms with E-state index in [-0.39, 0.29) is 17.7 Å². The molecule has 0 saturated carbocycles. The van der Waals surface area contributed by atoms with Crippen LogP contribution in [0.3, 0.4) is 0 Å². The van der Waals surface area contributed by atoms with Gasteiger partial charge in [-0.25, -0.2) is 0 Å². The van der Waals surface area contributed by atoms with Crippen molar-refractivity contribution in [1.82, 2.24) is 5.32 Å². The monoisotopic (exact) mass is 137 g/mol. The number of amides is 2. The lowest BCUT2D eigenvalue weighted by atomic mass is 10.0. The number of allylic oxidation sites excluding steroid dienone is 1. The third-order valence-corrected chi connectivity index (χ3v) is 2.01. The van der Waals surface area contributed by atoms with Crippen LogP contribution >= 0.6 is 0 Å². The Morgan fingerprint density at radius 3 is 3.10 bits per heavy atom. The largest absolute Gasteiger partial charge is 0.292 e. The first-order valence-corrected chi connectivity index (χ1v) is 3.31. The fourth-order valence-electron chi connectivity index (χ4n) is 1.40. The summed E-state index contributed by atoms with van der Waals surface area (Å²) in [4.78, 5) is 21.8. The lowest BCUT2D eigenvalue weighted by Gasteiger charge is -2.14. The second-order valence-corrected chi connectivity index (χ2v) is 2.68. The van der Waals surface area contributed by atoms with Crippen molar-refractivity contribution >= 4 is 11.8 Å². The molecular weight excluding hydrogens is 130 g/mol. The third kappa shape index (κ3) is 0.602. The zero-order valence-electron chi connectivity index (χ0n) is 5.39. The highest BCUT2D eigenvalue weighted by Crippen LogP contribution is 2.28. The van der Waals surface area contributed by atoms with Crippen LogP contribution in [0.4, 0.5) is 0 Å². The van der Waals surface area contributed by atoms with Crippen molar-refractivity contribution in [2.24, 2.45) is 5.92 Å². The summed E-state index contributed by atoms with van der Waals surface area (Å²) in [6, 6.07) is 0. The first-order chi connectivity index (χ1) is 4.77.